The van der Waals surface area contributed by atoms with Crippen molar-refractivity contribution in [3.05, 3.63) is 64.9 Å². The first-order chi connectivity index (χ1) is 14.2. The third-order valence-electron chi connectivity index (χ3n) is 4.94. The van der Waals surface area contributed by atoms with Crippen molar-refractivity contribution in [3.8, 4) is 0 Å². The van der Waals surface area contributed by atoms with Crippen LogP contribution in [0.5, 0.6) is 0 Å². The molecule has 0 saturated carbocycles. The molecule has 1 aliphatic rings. The molecule has 7 heteroatoms. The van der Waals surface area contributed by atoms with Crippen LogP contribution < -0.4 is 5.32 Å². The highest BCUT2D eigenvalue weighted by atomic mass is 35.5. The molecule has 1 aliphatic heterocycles. The Kier molecular flexibility index (Phi) is 6.98. The molecule has 0 radical (unpaired) electrons. The first-order valence-corrected chi connectivity index (χ1v) is 10.6. The molecule has 2 amide bonds. The van der Waals surface area contributed by atoms with Gasteiger partial charge in [-0.15, -0.1) is 0 Å². The maximum absolute atomic E-state index is 13.2. The van der Waals surface area contributed by atoms with Gasteiger partial charge in [0.2, 0.25) is 5.91 Å². The molecule has 1 unspecified atom stereocenters. The first-order valence-electron chi connectivity index (χ1n) is 10.2. The van der Waals surface area contributed by atoms with Gasteiger partial charge in [0.05, 0.1) is 5.69 Å². The number of piperidine rings is 1. The Morgan fingerprint density at radius 1 is 1.13 bits per heavy atom. The molecule has 2 aromatic rings. The maximum Gasteiger partial charge on any atom is 0.410 e. The molecular weight excluding hydrogens is 402 g/mol. The van der Waals surface area contributed by atoms with Crippen LogP contribution in [0, 0.1) is 0 Å². The Labute approximate surface area is 182 Å². The van der Waals surface area contributed by atoms with Crippen molar-refractivity contribution in [2.75, 3.05) is 13.1 Å². The number of nitrogens with zero attached hydrogens (tertiary/aromatic N) is 2. The van der Waals surface area contributed by atoms with E-state index in [-0.39, 0.29) is 18.0 Å². The zero-order chi connectivity index (χ0) is 21.7. The minimum absolute atomic E-state index is 0.00491. The first kappa shape index (κ1) is 22.1. The lowest BCUT2D eigenvalue weighted by molar-refractivity contribution is -0.122. The number of amides is 2. The van der Waals surface area contributed by atoms with E-state index >= 15 is 0 Å². The zero-order valence-corrected chi connectivity index (χ0v) is 18.4. The summed E-state index contributed by atoms with van der Waals surface area (Å²) in [5, 5.41) is 3.77. The second kappa shape index (κ2) is 9.47. The molecule has 0 aliphatic carbocycles. The number of likely N-dealkylation sites (tertiary alicyclic amines) is 1. The predicted octanol–water partition coefficient (Wildman–Crippen LogP) is 4.38. The van der Waals surface area contributed by atoms with Crippen molar-refractivity contribution in [2.24, 2.45) is 0 Å². The van der Waals surface area contributed by atoms with Gasteiger partial charge in [-0.1, -0.05) is 29.8 Å². The number of carbonyl (C=O) groups is 2. The SMILES string of the molecule is CC(C)(C)OC(=O)N1CCC(NC(=O)C(c2ccc(Cl)cc2)c2ccccn2)CC1. The Hall–Kier alpha value is -2.60. The van der Waals surface area contributed by atoms with E-state index in [1.807, 2.05) is 51.1 Å². The van der Waals surface area contributed by atoms with E-state index in [9.17, 15) is 9.59 Å². The highest BCUT2D eigenvalue weighted by Gasteiger charge is 2.30. The number of pyridine rings is 1. The molecule has 6 nitrogen and oxygen atoms in total. The summed E-state index contributed by atoms with van der Waals surface area (Å²) in [5.74, 6) is -0.626. The van der Waals surface area contributed by atoms with E-state index in [2.05, 4.69) is 10.3 Å². The molecule has 0 spiro atoms. The van der Waals surface area contributed by atoms with Gasteiger partial charge in [0.1, 0.15) is 11.5 Å². The van der Waals surface area contributed by atoms with Crippen molar-refractivity contribution >= 4 is 23.6 Å². The van der Waals surface area contributed by atoms with E-state index in [1.165, 1.54) is 0 Å². The molecule has 3 rings (SSSR count). The maximum atomic E-state index is 13.2. The number of halogens is 1. The largest absolute Gasteiger partial charge is 0.444 e. The van der Waals surface area contributed by atoms with Crippen molar-refractivity contribution in [1.82, 2.24) is 15.2 Å². The number of ether oxygens (including phenoxy) is 1. The van der Waals surface area contributed by atoms with E-state index < -0.39 is 11.5 Å². The third kappa shape index (κ3) is 5.95. The standard InChI is InChI=1S/C23H28ClN3O3/c1-23(2,3)30-22(29)27-14-11-18(12-15-27)26-21(28)20(19-6-4-5-13-25-19)16-7-9-17(24)10-8-16/h4-10,13,18,20H,11-12,14-15H2,1-3H3,(H,26,28). The number of aromatic nitrogens is 1. The lowest BCUT2D eigenvalue weighted by Gasteiger charge is -2.34. The highest BCUT2D eigenvalue weighted by molar-refractivity contribution is 6.30. The van der Waals surface area contributed by atoms with Gasteiger partial charge < -0.3 is 15.0 Å². The number of benzene rings is 1. The minimum Gasteiger partial charge on any atom is -0.444 e. The van der Waals surface area contributed by atoms with Crippen LogP contribution in [0.15, 0.2) is 48.7 Å². The monoisotopic (exact) mass is 429 g/mol. The normalized spacial score (nSPS) is 16.1. The number of rotatable bonds is 4. The van der Waals surface area contributed by atoms with Crippen molar-refractivity contribution in [3.63, 3.8) is 0 Å². The third-order valence-corrected chi connectivity index (χ3v) is 5.19. The molecule has 30 heavy (non-hydrogen) atoms. The molecule has 1 aromatic heterocycles. The molecule has 1 aromatic carbocycles. The molecule has 1 fully saturated rings. The van der Waals surface area contributed by atoms with Gasteiger partial charge in [0.15, 0.2) is 0 Å². The van der Waals surface area contributed by atoms with Crippen LogP contribution in [0.25, 0.3) is 0 Å². The highest BCUT2D eigenvalue weighted by Crippen LogP contribution is 2.26. The number of hydrogen-bond donors (Lipinski definition) is 1. The summed E-state index contributed by atoms with van der Waals surface area (Å²) in [5.41, 5.74) is 1.00. The van der Waals surface area contributed by atoms with Crippen LogP contribution in [0.2, 0.25) is 5.02 Å². The fourth-order valence-electron chi connectivity index (χ4n) is 3.48. The molecular formula is C23H28ClN3O3. The molecule has 1 atom stereocenters. The summed E-state index contributed by atoms with van der Waals surface area (Å²) in [6, 6.07) is 12.8. The summed E-state index contributed by atoms with van der Waals surface area (Å²) in [6.07, 6.45) is 2.74. The Morgan fingerprint density at radius 3 is 2.37 bits per heavy atom. The lowest BCUT2D eigenvalue weighted by atomic mass is 9.93. The predicted molar refractivity (Wildman–Crippen MR) is 117 cm³/mol. The van der Waals surface area contributed by atoms with Crippen molar-refractivity contribution in [2.45, 2.75) is 51.2 Å². The summed E-state index contributed by atoms with van der Waals surface area (Å²) < 4.78 is 5.44. The quantitative estimate of drug-likeness (QED) is 0.782. The van der Waals surface area contributed by atoms with Gasteiger partial charge in [0, 0.05) is 30.4 Å². The van der Waals surface area contributed by atoms with Gasteiger partial charge in [-0.25, -0.2) is 4.79 Å². The Morgan fingerprint density at radius 2 is 1.80 bits per heavy atom. The average Bonchev–Trinajstić information content (AvgIpc) is 2.70. The summed E-state index contributed by atoms with van der Waals surface area (Å²) in [6.45, 7) is 6.66. The van der Waals surface area contributed by atoms with E-state index in [0.717, 1.165) is 5.56 Å². The number of carbonyl (C=O) groups excluding carboxylic acids is 2. The molecule has 0 bridgehead atoms. The zero-order valence-electron chi connectivity index (χ0n) is 17.6. The smallest absolute Gasteiger partial charge is 0.410 e. The summed E-state index contributed by atoms with van der Waals surface area (Å²) in [7, 11) is 0. The molecule has 1 saturated heterocycles. The van der Waals surface area contributed by atoms with Crippen LogP contribution in [-0.4, -0.2) is 46.6 Å². The van der Waals surface area contributed by atoms with Gasteiger partial charge in [-0.2, -0.15) is 0 Å². The lowest BCUT2D eigenvalue weighted by Crippen LogP contribution is -2.48. The average molecular weight is 430 g/mol. The number of nitrogens with one attached hydrogen (secondary N) is 1. The fraction of sp³-hybridized carbons (Fsp3) is 0.435. The molecule has 2 heterocycles. The number of hydrogen-bond acceptors (Lipinski definition) is 4. The van der Waals surface area contributed by atoms with Crippen molar-refractivity contribution < 1.29 is 14.3 Å². The molecule has 160 valence electrons. The van der Waals surface area contributed by atoms with Gasteiger partial charge in [-0.3, -0.25) is 9.78 Å². The molecule has 1 N–H and O–H groups in total. The Bertz CT molecular complexity index is 858. The summed E-state index contributed by atoms with van der Waals surface area (Å²) >= 11 is 6.02. The van der Waals surface area contributed by atoms with Crippen LogP contribution in [0.3, 0.4) is 0 Å². The van der Waals surface area contributed by atoms with Crippen LogP contribution in [0.4, 0.5) is 4.79 Å². The van der Waals surface area contributed by atoms with Gasteiger partial charge in [-0.05, 0) is 63.4 Å². The fourth-order valence-corrected chi connectivity index (χ4v) is 3.60. The van der Waals surface area contributed by atoms with Gasteiger partial charge in [0.25, 0.3) is 0 Å². The van der Waals surface area contributed by atoms with E-state index in [4.69, 9.17) is 16.3 Å². The Balaban J connectivity index is 1.66. The summed E-state index contributed by atoms with van der Waals surface area (Å²) in [4.78, 5) is 31.6. The van der Waals surface area contributed by atoms with E-state index in [1.54, 1.807) is 23.2 Å². The van der Waals surface area contributed by atoms with Crippen LogP contribution >= 0.6 is 11.6 Å². The van der Waals surface area contributed by atoms with Crippen LogP contribution in [-0.2, 0) is 9.53 Å². The minimum atomic E-state index is -0.521. The second-order valence-corrected chi connectivity index (χ2v) is 8.93. The van der Waals surface area contributed by atoms with Crippen molar-refractivity contribution in [1.29, 1.82) is 0 Å². The topological polar surface area (TPSA) is 71.5 Å². The second-order valence-electron chi connectivity index (χ2n) is 8.49. The van der Waals surface area contributed by atoms with Gasteiger partial charge >= 0.3 is 6.09 Å². The van der Waals surface area contributed by atoms with Crippen LogP contribution in [0.1, 0.15) is 50.8 Å². The van der Waals surface area contributed by atoms with E-state index in [0.29, 0.717) is 36.6 Å².